The molecule has 0 bridgehead atoms. The number of aliphatic carboxylic acids is 1. The van der Waals surface area contributed by atoms with Crippen molar-refractivity contribution in [1.29, 1.82) is 0 Å². The monoisotopic (exact) mass is 242 g/mol. The topological polar surface area (TPSA) is 83.6 Å². The van der Waals surface area contributed by atoms with Crippen LogP contribution in [0, 0.1) is 5.92 Å². The van der Waals surface area contributed by atoms with Gasteiger partial charge in [0.25, 0.3) is 0 Å². The van der Waals surface area contributed by atoms with Crippen LogP contribution >= 0.6 is 0 Å². The van der Waals surface area contributed by atoms with E-state index in [4.69, 9.17) is 10.8 Å². The zero-order valence-electron chi connectivity index (χ0n) is 10.6. The van der Waals surface area contributed by atoms with Crippen LogP contribution in [0.3, 0.4) is 0 Å². The van der Waals surface area contributed by atoms with E-state index in [1.807, 2.05) is 13.8 Å². The second kappa shape index (κ2) is 5.49. The third-order valence-electron chi connectivity index (χ3n) is 3.04. The number of hydrogen-bond donors (Lipinski definition) is 2. The Morgan fingerprint density at radius 1 is 1.35 bits per heavy atom. The Hall–Kier alpha value is -1.10. The summed E-state index contributed by atoms with van der Waals surface area (Å²) in [6, 6.07) is 0. The summed E-state index contributed by atoms with van der Waals surface area (Å²) in [5.41, 5.74) is 5.33. The second-order valence-corrected chi connectivity index (χ2v) is 5.59. The van der Waals surface area contributed by atoms with Gasteiger partial charge in [-0.1, -0.05) is 0 Å². The molecule has 1 saturated heterocycles. The van der Waals surface area contributed by atoms with Crippen LogP contribution in [0.15, 0.2) is 0 Å². The molecule has 1 heterocycles. The SMILES string of the molecule is CC(C)(N)CC(=O)N1CCC(CC(=O)O)CC1. The average molecular weight is 242 g/mol. The summed E-state index contributed by atoms with van der Waals surface area (Å²) in [5, 5.41) is 8.70. The maximum atomic E-state index is 11.9. The summed E-state index contributed by atoms with van der Waals surface area (Å²) in [6.45, 7) is 4.99. The van der Waals surface area contributed by atoms with E-state index < -0.39 is 11.5 Å². The van der Waals surface area contributed by atoms with Gasteiger partial charge in [-0.05, 0) is 32.6 Å². The largest absolute Gasteiger partial charge is 0.481 e. The zero-order chi connectivity index (χ0) is 13.1. The van der Waals surface area contributed by atoms with Gasteiger partial charge in [-0.25, -0.2) is 0 Å². The molecule has 0 spiro atoms. The van der Waals surface area contributed by atoms with Crippen LogP contribution in [0.2, 0.25) is 0 Å². The number of piperidine rings is 1. The number of carbonyl (C=O) groups is 2. The molecule has 0 atom stereocenters. The minimum Gasteiger partial charge on any atom is -0.481 e. The molecule has 1 aliphatic rings. The van der Waals surface area contributed by atoms with Crippen molar-refractivity contribution in [2.24, 2.45) is 11.7 Å². The zero-order valence-corrected chi connectivity index (χ0v) is 10.6. The van der Waals surface area contributed by atoms with Crippen molar-refractivity contribution >= 4 is 11.9 Å². The predicted molar refractivity (Wildman–Crippen MR) is 64.4 cm³/mol. The molecule has 1 rings (SSSR count). The van der Waals surface area contributed by atoms with Gasteiger partial charge in [0, 0.05) is 31.5 Å². The lowest BCUT2D eigenvalue weighted by Gasteiger charge is -2.33. The van der Waals surface area contributed by atoms with Gasteiger partial charge in [-0.2, -0.15) is 0 Å². The van der Waals surface area contributed by atoms with E-state index in [0.29, 0.717) is 19.5 Å². The lowest BCUT2D eigenvalue weighted by atomic mass is 9.92. The number of nitrogens with two attached hydrogens (primary N) is 1. The predicted octanol–water partition coefficient (Wildman–Crippen LogP) is 0.827. The number of carboxylic acid groups (broad SMARTS) is 1. The standard InChI is InChI=1S/C12H22N2O3/c1-12(2,13)8-10(15)14-5-3-9(4-6-14)7-11(16)17/h9H,3-8,13H2,1-2H3,(H,16,17). The molecule has 3 N–H and O–H groups in total. The maximum Gasteiger partial charge on any atom is 0.303 e. The lowest BCUT2D eigenvalue weighted by Crippen LogP contribution is -2.44. The third kappa shape index (κ3) is 5.17. The average Bonchev–Trinajstić information content (AvgIpc) is 2.15. The number of carbonyl (C=O) groups excluding carboxylic acids is 1. The number of hydrogen-bond acceptors (Lipinski definition) is 3. The maximum absolute atomic E-state index is 11.9. The Balaban J connectivity index is 2.36. The number of nitrogens with zero attached hydrogens (tertiary/aromatic N) is 1. The number of amides is 1. The molecule has 1 fully saturated rings. The van der Waals surface area contributed by atoms with Crippen molar-refractivity contribution in [2.75, 3.05) is 13.1 Å². The first-order valence-electron chi connectivity index (χ1n) is 6.06. The van der Waals surface area contributed by atoms with E-state index in [2.05, 4.69) is 0 Å². The molecule has 98 valence electrons. The summed E-state index contributed by atoms with van der Waals surface area (Å²) < 4.78 is 0. The van der Waals surface area contributed by atoms with Gasteiger partial charge < -0.3 is 15.7 Å². The Labute approximate surface area is 102 Å². The molecule has 1 amide bonds. The fraction of sp³-hybridized carbons (Fsp3) is 0.833. The van der Waals surface area contributed by atoms with Gasteiger partial charge in [0.15, 0.2) is 0 Å². The Morgan fingerprint density at radius 3 is 2.29 bits per heavy atom. The molecular weight excluding hydrogens is 220 g/mol. The molecule has 0 aromatic carbocycles. The van der Waals surface area contributed by atoms with Gasteiger partial charge >= 0.3 is 5.97 Å². The highest BCUT2D eigenvalue weighted by molar-refractivity contribution is 5.77. The smallest absolute Gasteiger partial charge is 0.303 e. The molecule has 0 unspecified atom stereocenters. The van der Waals surface area contributed by atoms with E-state index in [0.717, 1.165) is 12.8 Å². The summed E-state index contributed by atoms with van der Waals surface area (Å²) >= 11 is 0. The Bertz CT molecular complexity index is 289. The fourth-order valence-corrected chi connectivity index (χ4v) is 2.14. The van der Waals surface area contributed by atoms with Crippen LogP contribution in [-0.4, -0.2) is 40.5 Å². The van der Waals surface area contributed by atoms with Gasteiger partial charge in [0.05, 0.1) is 0 Å². The van der Waals surface area contributed by atoms with E-state index in [9.17, 15) is 9.59 Å². The molecule has 0 aliphatic carbocycles. The van der Waals surface area contributed by atoms with Crippen LogP contribution in [0.25, 0.3) is 0 Å². The Morgan fingerprint density at radius 2 is 1.88 bits per heavy atom. The molecule has 5 heteroatoms. The van der Waals surface area contributed by atoms with Crippen molar-refractivity contribution < 1.29 is 14.7 Å². The Kier molecular flexibility index (Phi) is 4.51. The second-order valence-electron chi connectivity index (χ2n) is 5.59. The van der Waals surface area contributed by atoms with E-state index in [1.54, 1.807) is 4.90 Å². The molecule has 0 aromatic heterocycles. The van der Waals surface area contributed by atoms with Crippen molar-refractivity contribution in [3.05, 3.63) is 0 Å². The summed E-state index contributed by atoms with van der Waals surface area (Å²) in [4.78, 5) is 24.2. The number of likely N-dealkylation sites (tertiary alicyclic amines) is 1. The molecule has 0 aromatic rings. The van der Waals surface area contributed by atoms with Crippen molar-refractivity contribution in [1.82, 2.24) is 4.90 Å². The quantitative estimate of drug-likeness (QED) is 0.764. The minimum atomic E-state index is -0.752. The van der Waals surface area contributed by atoms with Crippen molar-refractivity contribution in [3.63, 3.8) is 0 Å². The lowest BCUT2D eigenvalue weighted by molar-refractivity contribution is -0.138. The van der Waals surface area contributed by atoms with Crippen LogP contribution < -0.4 is 5.73 Å². The van der Waals surface area contributed by atoms with E-state index in [1.165, 1.54) is 0 Å². The normalized spacial score (nSPS) is 18.2. The van der Waals surface area contributed by atoms with E-state index >= 15 is 0 Å². The summed E-state index contributed by atoms with van der Waals surface area (Å²) in [6.07, 6.45) is 2.12. The van der Waals surface area contributed by atoms with Gasteiger partial charge in [-0.3, -0.25) is 9.59 Å². The van der Waals surface area contributed by atoms with Crippen molar-refractivity contribution in [3.8, 4) is 0 Å². The molecule has 17 heavy (non-hydrogen) atoms. The number of carboxylic acids is 1. The fourth-order valence-electron chi connectivity index (χ4n) is 2.14. The van der Waals surface area contributed by atoms with Crippen LogP contribution in [0.5, 0.6) is 0 Å². The van der Waals surface area contributed by atoms with Gasteiger partial charge in [0.2, 0.25) is 5.91 Å². The van der Waals surface area contributed by atoms with E-state index in [-0.39, 0.29) is 18.2 Å². The van der Waals surface area contributed by atoms with Gasteiger partial charge in [-0.15, -0.1) is 0 Å². The highest BCUT2D eigenvalue weighted by Crippen LogP contribution is 2.21. The minimum absolute atomic E-state index is 0.0753. The highest BCUT2D eigenvalue weighted by atomic mass is 16.4. The summed E-state index contributed by atoms with van der Waals surface area (Å²) in [5.74, 6) is -0.466. The molecule has 5 nitrogen and oxygen atoms in total. The van der Waals surface area contributed by atoms with Crippen LogP contribution in [0.1, 0.15) is 39.5 Å². The molecule has 1 aliphatic heterocycles. The first-order chi connectivity index (χ1) is 7.78. The molecule has 0 saturated carbocycles. The van der Waals surface area contributed by atoms with Crippen LogP contribution in [-0.2, 0) is 9.59 Å². The first-order valence-corrected chi connectivity index (χ1v) is 6.06. The van der Waals surface area contributed by atoms with Crippen LogP contribution in [0.4, 0.5) is 0 Å². The molecule has 0 radical (unpaired) electrons. The molecular formula is C12H22N2O3. The summed E-state index contributed by atoms with van der Waals surface area (Å²) in [7, 11) is 0. The highest BCUT2D eigenvalue weighted by Gasteiger charge is 2.26. The number of rotatable bonds is 4. The third-order valence-corrected chi connectivity index (χ3v) is 3.04. The first kappa shape index (κ1) is 14.0. The van der Waals surface area contributed by atoms with Gasteiger partial charge in [0.1, 0.15) is 0 Å². The van der Waals surface area contributed by atoms with Crippen molar-refractivity contribution in [2.45, 2.75) is 45.1 Å².